The SMILES string of the molecule is N#CC1(NC(=O)COC(=O)C[C@H]2C[C@@H]3CC[C@H]2C3)CCCCC1. The Morgan fingerprint density at radius 3 is 2.57 bits per heavy atom. The van der Waals surface area contributed by atoms with Crippen LogP contribution in [0.4, 0.5) is 0 Å². The van der Waals surface area contributed by atoms with Gasteiger partial charge in [0.1, 0.15) is 5.54 Å². The van der Waals surface area contributed by atoms with Gasteiger partial charge in [-0.2, -0.15) is 5.26 Å². The standard InChI is InChI=1S/C18H26N2O3/c19-12-18(6-2-1-3-7-18)20-16(21)11-23-17(22)10-15-9-13-4-5-14(15)8-13/h13-15H,1-11H2,(H,20,21)/t13-,14+,15-/m1/s1. The van der Waals surface area contributed by atoms with Gasteiger partial charge in [0.25, 0.3) is 5.91 Å². The molecule has 1 N–H and O–H groups in total. The fraction of sp³-hybridized carbons (Fsp3) is 0.833. The van der Waals surface area contributed by atoms with Gasteiger partial charge in [0.15, 0.2) is 6.61 Å². The molecule has 0 aromatic carbocycles. The van der Waals surface area contributed by atoms with Gasteiger partial charge in [-0.25, -0.2) is 0 Å². The van der Waals surface area contributed by atoms with Crippen molar-refractivity contribution in [1.29, 1.82) is 5.26 Å². The predicted molar refractivity (Wildman–Crippen MR) is 84.1 cm³/mol. The van der Waals surface area contributed by atoms with E-state index in [-0.39, 0.29) is 18.5 Å². The lowest BCUT2D eigenvalue weighted by atomic mass is 9.83. The zero-order valence-electron chi connectivity index (χ0n) is 13.7. The van der Waals surface area contributed by atoms with Crippen LogP contribution in [0.15, 0.2) is 0 Å². The van der Waals surface area contributed by atoms with Crippen LogP contribution in [0.3, 0.4) is 0 Å². The Morgan fingerprint density at radius 2 is 1.96 bits per heavy atom. The molecule has 3 aliphatic rings. The van der Waals surface area contributed by atoms with Crippen molar-refractivity contribution in [2.75, 3.05) is 6.61 Å². The van der Waals surface area contributed by atoms with Crippen LogP contribution in [0.5, 0.6) is 0 Å². The highest BCUT2D eigenvalue weighted by Gasteiger charge is 2.40. The number of nitrogens with one attached hydrogen (secondary N) is 1. The Balaban J connectivity index is 1.40. The molecule has 126 valence electrons. The molecule has 5 nitrogen and oxygen atoms in total. The minimum atomic E-state index is -0.758. The molecule has 3 rings (SSSR count). The van der Waals surface area contributed by atoms with Gasteiger partial charge in [-0.15, -0.1) is 0 Å². The molecular formula is C18H26N2O3. The first-order valence-corrected chi connectivity index (χ1v) is 8.98. The number of hydrogen-bond donors (Lipinski definition) is 1. The van der Waals surface area contributed by atoms with Crippen molar-refractivity contribution in [3.63, 3.8) is 0 Å². The fourth-order valence-corrected chi connectivity index (χ4v) is 4.77. The summed E-state index contributed by atoms with van der Waals surface area (Å²) in [5, 5.41) is 12.1. The molecule has 0 unspecified atom stereocenters. The van der Waals surface area contributed by atoms with E-state index in [1.165, 1.54) is 19.3 Å². The van der Waals surface area contributed by atoms with E-state index in [2.05, 4.69) is 11.4 Å². The van der Waals surface area contributed by atoms with E-state index in [1.54, 1.807) is 0 Å². The summed E-state index contributed by atoms with van der Waals surface area (Å²) in [6, 6.07) is 2.24. The van der Waals surface area contributed by atoms with Crippen molar-refractivity contribution in [3.8, 4) is 6.07 Å². The van der Waals surface area contributed by atoms with Crippen LogP contribution >= 0.6 is 0 Å². The third kappa shape index (κ3) is 3.85. The van der Waals surface area contributed by atoms with Crippen molar-refractivity contribution in [3.05, 3.63) is 0 Å². The highest BCUT2D eigenvalue weighted by atomic mass is 16.5. The zero-order chi connectivity index (χ0) is 16.3. The van der Waals surface area contributed by atoms with Gasteiger partial charge in [0, 0.05) is 6.42 Å². The maximum atomic E-state index is 12.0. The third-order valence-corrected chi connectivity index (χ3v) is 5.98. The molecule has 2 bridgehead atoms. The van der Waals surface area contributed by atoms with E-state index < -0.39 is 5.54 Å². The number of fused-ring (bicyclic) bond motifs is 2. The summed E-state index contributed by atoms with van der Waals surface area (Å²) in [6.45, 7) is -0.261. The van der Waals surface area contributed by atoms with Crippen molar-refractivity contribution >= 4 is 11.9 Å². The van der Waals surface area contributed by atoms with Crippen LogP contribution in [0.2, 0.25) is 0 Å². The van der Waals surface area contributed by atoms with Crippen molar-refractivity contribution in [1.82, 2.24) is 5.32 Å². The number of nitriles is 1. The Labute approximate surface area is 137 Å². The maximum absolute atomic E-state index is 12.0. The molecule has 0 radical (unpaired) electrons. The predicted octanol–water partition coefficient (Wildman–Crippen LogP) is 2.70. The second-order valence-corrected chi connectivity index (χ2v) is 7.60. The molecule has 0 spiro atoms. The van der Waals surface area contributed by atoms with E-state index in [0.717, 1.165) is 31.6 Å². The van der Waals surface area contributed by atoms with Crippen LogP contribution in [-0.4, -0.2) is 24.0 Å². The number of ether oxygens (including phenoxy) is 1. The molecule has 0 aromatic rings. The average molecular weight is 318 g/mol. The minimum Gasteiger partial charge on any atom is -0.456 e. The smallest absolute Gasteiger partial charge is 0.306 e. The van der Waals surface area contributed by atoms with Crippen LogP contribution in [0, 0.1) is 29.1 Å². The summed E-state index contributed by atoms with van der Waals surface area (Å²) >= 11 is 0. The molecule has 0 aliphatic heterocycles. The number of amides is 1. The van der Waals surface area contributed by atoms with Crippen LogP contribution < -0.4 is 5.32 Å². The molecule has 1 amide bonds. The monoisotopic (exact) mass is 318 g/mol. The minimum absolute atomic E-state index is 0.261. The largest absolute Gasteiger partial charge is 0.456 e. The van der Waals surface area contributed by atoms with Crippen molar-refractivity contribution < 1.29 is 14.3 Å². The Morgan fingerprint density at radius 1 is 1.17 bits per heavy atom. The first-order chi connectivity index (χ1) is 11.1. The summed E-state index contributed by atoms with van der Waals surface area (Å²) in [7, 11) is 0. The molecule has 3 fully saturated rings. The highest BCUT2D eigenvalue weighted by molar-refractivity contribution is 5.81. The summed E-state index contributed by atoms with van der Waals surface area (Å²) in [4.78, 5) is 24.0. The lowest BCUT2D eigenvalue weighted by Gasteiger charge is -2.31. The Bertz CT molecular complexity index is 505. The van der Waals surface area contributed by atoms with Gasteiger partial charge in [-0.05, 0) is 49.9 Å². The van der Waals surface area contributed by atoms with Crippen molar-refractivity contribution in [2.24, 2.45) is 17.8 Å². The molecule has 0 aromatic heterocycles. The van der Waals surface area contributed by atoms with Crippen LogP contribution in [-0.2, 0) is 14.3 Å². The first kappa shape index (κ1) is 16.3. The molecule has 0 saturated heterocycles. The molecule has 3 atom stereocenters. The van der Waals surface area contributed by atoms with Gasteiger partial charge in [0.05, 0.1) is 6.07 Å². The van der Waals surface area contributed by atoms with Gasteiger partial charge in [0.2, 0.25) is 0 Å². The van der Waals surface area contributed by atoms with E-state index in [9.17, 15) is 14.9 Å². The van der Waals surface area contributed by atoms with Crippen LogP contribution in [0.1, 0.15) is 64.2 Å². The van der Waals surface area contributed by atoms with E-state index >= 15 is 0 Å². The van der Waals surface area contributed by atoms with Gasteiger partial charge in [-0.1, -0.05) is 25.7 Å². The highest BCUT2D eigenvalue weighted by Crippen LogP contribution is 2.49. The summed E-state index contributed by atoms with van der Waals surface area (Å²) < 4.78 is 5.14. The van der Waals surface area contributed by atoms with E-state index in [0.29, 0.717) is 31.1 Å². The number of carbonyl (C=O) groups is 2. The average Bonchev–Trinajstić information content (AvgIpc) is 3.16. The lowest BCUT2D eigenvalue weighted by molar-refractivity contribution is -0.150. The number of hydrogen-bond acceptors (Lipinski definition) is 4. The van der Waals surface area contributed by atoms with E-state index in [4.69, 9.17) is 4.74 Å². The number of esters is 1. The van der Waals surface area contributed by atoms with Crippen molar-refractivity contribution in [2.45, 2.75) is 69.7 Å². The quantitative estimate of drug-likeness (QED) is 0.790. The molecule has 23 heavy (non-hydrogen) atoms. The zero-order valence-corrected chi connectivity index (χ0v) is 13.7. The van der Waals surface area contributed by atoms with E-state index in [1.807, 2.05) is 0 Å². The number of nitrogens with zero attached hydrogens (tertiary/aromatic N) is 1. The van der Waals surface area contributed by atoms with Crippen LogP contribution in [0.25, 0.3) is 0 Å². The third-order valence-electron chi connectivity index (χ3n) is 5.98. The second kappa shape index (κ2) is 6.90. The summed E-state index contributed by atoms with van der Waals surface area (Å²) in [6.07, 6.45) is 9.81. The first-order valence-electron chi connectivity index (χ1n) is 8.98. The second-order valence-electron chi connectivity index (χ2n) is 7.60. The molecule has 0 heterocycles. The molecule has 5 heteroatoms. The topological polar surface area (TPSA) is 79.2 Å². The van der Waals surface area contributed by atoms with Gasteiger partial charge >= 0.3 is 5.97 Å². The summed E-state index contributed by atoms with van der Waals surface area (Å²) in [5.41, 5.74) is -0.758. The fourth-order valence-electron chi connectivity index (χ4n) is 4.77. The molecule has 3 saturated carbocycles. The Hall–Kier alpha value is -1.57. The van der Waals surface area contributed by atoms with Gasteiger partial charge < -0.3 is 10.1 Å². The van der Waals surface area contributed by atoms with Gasteiger partial charge in [-0.3, -0.25) is 9.59 Å². The lowest BCUT2D eigenvalue weighted by Crippen LogP contribution is -2.50. The summed E-state index contributed by atoms with van der Waals surface area (Å²) in [5.74, 6) is 1.32. The number of carbonyl (C=O) groups excluding carboxylic acids is 2. The normalized spacial score (nSPS) is 31.3. The number of rotatable bonds is 5. The maximum Gasteiger partial charge on any atom is 0.306 e. The molecule has 3 aliphatic carbocycles. The molecular weight excluding hydrogens is 292 g/mol. The Kier molecular flexibility index (Phi) is 4.89.